The van der Waals surface area contributed by atoms with Gasteiger partial charge in [-0.15, -0.1) is 0 Å². The van der Waals surface area contributed by atoms with Crippen LogP contribution in [-0.2, 0) is 20.0 Å². The van der Waals surface area contributed by atoms with Crippen LogP contribution in [0.4, 0.5) is 5.69 Å². The van der Waals surface area contributed by atoms with Gasteiger partial charge in [-0.25, -0.2) is 4.57 Å². The predicted molar refractivity (Wildman–Crippen MR) is 134 cm³/mol. The van der Waals surface area contributed by atoms with Crippen molar-refractivity contribution >= 4 is 24.9 Å². The molecule has 0 radical (unpaired) electrons. The second-order valence-electron chi connectivity index (χ2n) is 10.2. The molecule has 5 nitrogen and oxygen atoms in total. The van der Waals surface area contributed by atoms with Crippen molar-refractivity contribution in [1.29, 1.82) is 0 Å². The minimum Gasteiger partial charge on any atom is -0.507 e. The first-order valence-electron chi connectivity index (χ1n) is 11.1. The van der Waals surface area contributed by atoms with Crippen LogP contribution >= 0.6 is 19.2 Å². The van der Waals surface area contributed by atoms with E-state index in [1.807, 2.05) is 55.4 Å². The number of nitrogens with one attached hydrogen (secondary N) is 1. The molecule has 0 aliphatic carbocycles. The van der Waals surface area contributed by atoms with E-state index in [1.54, 1.807) is 36.4 Å². The van der Waals surface area contributed by atoms with Crippen LogP contribution in [0.1, 0.15) is 79.4 Å². The van der Waals surface area contributed by atoms with E-state index in [0.717, 1.165) is 11.1 Å². The quantitative estimate of drug-likeness (QED) is 0.292. The monoisotopic (exact) mass is 481 g/mol. The number of anilines is 1. The third-order valence-electron chi connectivity index (χ3n) is 5.46. The lowest BCUT2D eigenvalue weighted by atomic mass is 9.79. The van der Waals surface area contributed by atoms with E-state index in [0.29, 0.717) is 29.3 Å². The molecule has 0 saturated carbocycles. The molecule has 0 aromatic heterocycles. The van der Waals surface area contributed by atoms with E-state index in [1.165, 1.54) is 0 Å². The van der Waals surface area contributed by atoms with Gasteiger partial charge in [-0.05, 0) is 60.1 Å². The molecule has 2 N–H and O–H groups in total. The van der Waals surface area contributed by atoms with Crippen LogP contribution in [0.25, 0.3) is 0 Å². The highest BCUT2D eigenvalue weighted by Gasteiger charge is 2.37. The smallest absolute Gasteiger partial charge is 0.403 e. The van der Waals surface area contributed by atoms with E-state index < -0.39 is 7.60 Å². The molecule has 0 heterocycles. The van der Waals surface area contributed by atoms with Gasteiger partial charge in [-0.2, -0.15) is 4.62 Å². The average molecular weight is 482 g/mol. The normalized spacial score (nSPS) is 14.3. The Labute approximate surface area is 198 Å². The molecule has 1 atom stereocenters. The topological polar surface area (TPSA) is 67.8 Å². The first-order chi connectivity index (χ1) is 14.7. The highest BCUT2D eigenvalue weighted by molar-refractivity contribution is 7.55. The summed E-state index contributed by atoms with van der Waals surface area (Å²) in [6, 6.07) is 10.5. The zero-order valence-corrected chi connectivity index (χ0v) is 22.1. The van der Waals surface area contributed by atoms with Crippen molar-refractivity contribution in [2.75, 3.05) is 5.48 Å². The lowest BCUT2D eigenvalue weighted by molar-refractivity contribution is 0.302. The Morgan fingerprint density at radius 2 is 1.44 bits per heavy atom. The van der Waals surface area contributed by atoms with Gasteiger partial charge in [-0.3, -0.25) is 5.48 Å². The molecule has 2 aromatic carbocycles. The van der Waals surface area contributed by atoms with E-state index >= 15 is 0 Å². The summed E-state index contributed by atoms with van der Waals surface area (Å²) < 4.78 is 25.9. The van der Waals surface area contributed by atoms with Gasteiger partial charge in [0.25, 0.3) is 0 Å². The number of benzene rings is 2. The lowest BCUT2D eigenvalue weighted by Crippen LogP contribution is -2.19. The third kappa shape index (κ3) is 6.43. The molecule has 7 heteroatoms. The summed E-state index contributed by atoms with van der Waals surface area (Å²) in [5.41, 5.74) is 3.93. The minimum absolute atomic E-state index is 0.245. The van der Waals surface area contributed by atoms with E-state index in [9.17, 15) is 9.67 Å². The Hall–Kier alpha value is -1.68. The Balaban J connectivity index is 2.50. The Bertz CT molecular complexity index is 922. The maximum Gasteiger partial charge on any atom is 0.403 e. The van der Waals surface area contributed by atoms with Crippen LogP contribution in [0, 0.1) is 0 Å². The van der Waals surface area contributed by atoms with Gasteiger partial charge < -0.3 is 9.63 Å². The molecule has 0 amide bonds. The molecule has 0 aliphatic heterocycles. The molecule has 0 bridgehead atoms. The number of hydrogen-bond donors (Lipinski definition) is 2. The van der Waals surface area contributed by atoms with Crippen LogP contribution in [-0.4, -0.2) is 10.8 Å². The fourth-order valence-electron chi connectivity index (χ4n) is 3.49. The summed E-state index contributed by atoms with van der Waals surface area (Å²) >= 11 is 5.95. The average Bonchev–Trinajstić information content (AvgIpc) is 2.68. The van der Waals surface area contributed by atoms with Crippen molar-refractivity contribution in [2.24, 2.45) is 0 Å². The minimum atomic E-state index is -3.61. The Morgan fingerprint density at radius 3 is 1.84 bits per heavy atom. The van der Waals surface area contributed by atoms with E-state index in [2.05, 4.69) is 5.48 Å². The van der Waals surface area contributed by atoms with Crippen molar-refractivity contribution in [3.63, 3.8) is 0 Å². The van der Waals surface area contributed by atoms with Crippen LogP contribution in [0.5, 0.6) is 11.5 Å². The van der Waals surface area contributed by atoms with Gasteiger partial charge in [0.2, 0.25) is 0 Å². The van der Waals surface area contributed by atoms with Crippen molar-refractivity contribution in [3.8, 4) is 11.5 Å². The number of aromatic hydroxyl groups is 1. The fourth-order valence-corrected chi connectivity index (χ4v) is 5.48. The number of rotatable bonds is 8. The van der Waals surface area contributed by atoms with Crippen LogP contribution in [0.15, 0.2) is 36.4 Å². The molecule has 0 aliphatic rings. The lowest BCUT2D eigenvalue weighted by Gasteiger charge is -2.30. The van der Waals surface area contributed by atoms with Crippen molar-refractivity contribution < 1.29 is 18.8 Å². The maximum absolute atomic E-state index is 14.0. The molecular formula is C25H37ClNO4P. The fraction of sp³-hybridized carbons (Fsp3) is 0.520. The molecule has 0 fully saturated rings. The first kappa shape index (κ1) is 26.6. The van der Waals surface area contributed by atoms with Gasteiger partial charge in [0, 0.05) is 16.1 Å². The second-order valence-corrected chi connectivity index (χ2v) is 12.8. The molecule has 178 valence electrons. The van der Waals surface area contributed by atoms with Crippen LogP contribution in [0.2, 0.25) is 5.02 Å². The Kier molecular flexibility index (Phi) is 8.36. The van der Waals surface area contributed by atoms with Gasteiger partial charge in [0.05, 0.1) is 11.3 Å². The summed E-state index contributed by atoms with van der Waals surface area (Å²) in [6.07, 6.45) is 1.26. The van der Waals surface area contributed by atoms with E-state index in [4.69, 9.17) is 20.7 Å². The predicted octanol–water partition coefficient (Wildman–Crippen LogP) is 8.44. The number of hydrogen-bond acceptors (Lipinski definition) is 5. The van der Waals surface area contributed by atoms with Crippen molar-refractivity contribution in [3.05, 3.63) is 52.5 Å². The highest BCUT2D eigenvalue weighted by Crippen LogP contribution is 2.56. The zero-order valence-electron chi connectivity index (χ0n) is 20.5. The van der Waals surface area contributed by atoms with E-state index in [-0.39, 0.29) is 22.2 Å². The molecule has 0 saturated heterocycles. The van der Waals surface area contributed by atoms with Gasteiger partial charge in [0.1, 0.15) is 11.5 Å². The molecular weight excluding hydrogens is 445 g/mol. The molecule has 32 heavy (non-hydrogen) atoms. The molecule has 2 rings (SSSR count). The van der Waals surface area contributed by atoms with Gasteiger partial charge >= 0.3 is 7.60 Å². The largest absolute Gasteiger partial charge is 0.507 e. The highest BCUT2D eigenvalue weighted by atomic mass is 35.5. The molecule has 0 spiro atoms. The van der Waals surface area contributed by atoms with Gasteiger partial charge in [0.15, 0.2) is 0 Å². The standard InChI is InChI=1S/C25H37ClNO4P/c1-9-20(10-2)32(29,31-27-18-13-11-17(26)12-14-18)30-19-15-21(24(3,4)5)23(28)22(16-19)25(6,7)8/h11-16,20,27-28H,9-10H2,1-8H3. The van der Waals surface area contributed by atoms with Crippen LogP contribution < -0.4 is 10.0 Å². The summed E-state index contributed by atoms with van der Waals surface area (Å²) in [5.74, 6) is 0.667. The third-order valence-corrected chi connectivity index (χ3v) is 8.14. The summed E-state index contributed by atoms with van der Waals surface area (Å²) in [6.45, 7) is 16.1. The summed E-state index contributed by atoms with van der Waals surface area (Å²) in [7, 11) is -3.61. The maximum atomic E-state index is 14.0. The van der Waals surface area contributed by atoms with Crippen molar-refractivity contribution in [2.45, 2.75) is 84.7 Å². The zero-order chi connectivity index (χ0) is 24.3. The van der Waals surface area contributed by atoms with Crippen LogP contribution in [0.3, 0.4) is 0 Å². The first-order valence-corrected chi connectivity index (χ1v) is 13.1. The molecule has 1 unspecified atom stereocenters. The second kappa shape index (κ2) is 10.1. The van der Waals surface area contributed by atoms with Crippen molar-refractivity contribution in [1.82, 2.24) is 0 Å². The number of phenols is 1. The molecule has 2 aromatic rings. The number of halogens is 1. The summed E-state index contributed by atoms with van der Waals surface area (Å²) in [4.78, 5) is 0. The Morgan fingerprint density at radius 1 is 0.969 bits per heavy atom. The summed E-state index contributed by atoms with van der Waals surface area (Å²) in [5, 5.41) is 11.6. The van der Waals surface area contributed by atoms with Gasteiger partial charge in [-0.1, -0.05) is 67.0 Å². The SMILES string of the molecule is CCC(CC)P(=O)(ONc1ccc(Cl)cc1)Oc1cc(C(C)(C)C)c(O)c(C(C)(C)C)c1. The number of phenolic OH excluding ortho intramolecular Hbond substituents is 1.